The number of carbonyl (C=O) groups excluding carboxylic acids is 2. The molecule has 0 aliphatic carbocycles. The molecule has 2 aromatic rings. The van der Waals surface area contributed by atoms with Crippen LogP contribution < -0.4 is 10.1 Å². The molecule has 1 amide bonds. The van der Waals surface area contributed by atoms with Crippen molar-refractivity contribution in [2.75, 3.05) is 13.2 Å². The molecule has 29 heavy (non-hydrogen) atoms. The molecule has 5 heteroatoms. The Morgan fingerprint density at radius 2 is 1.69 bits per heavy atom. The van der Waals surface area contributed by atoms with Gasteiger partial charge in [-0.05, 0) is 49.3 Å². The predicted octanol–water partition coefficient (Wildman–Crippen LogP) is 4.47. The Hall–Kier alpha value is -3.34. The lowest BCUT2D eigenvalue weighted by Crippen LogP contribution is -2.28. The van der Waals surface area contributed by atoms with Crippen LogP contribution in [-0.4, -0.2) is 25.0 Å². The van der Waals surface area contributed by atoms with Crippen molar-refractivity contribution in [2.45, 2.75) is 26.9 Å². The number of nitrogens with one attached hydrogen (secondary N) is 1. The first-order valence-electron chi connectivity index (χ1n) is 9.48. The summed E-state index contributed by atoms with van der Waals surface area (Å²) in [6, 6.07) is 16.8. The van der Waals surface area contributed by atoms with E-state index in [2.05, 4.69) is 5.32 Å². The monoisotopic (exact) mass is 393 g/mol. The zero-order valence-electron chi connectivity index (χ0n) is 17.1. The quantitative estimate of drug-likeness (QED) is 0.388. The number of benzene rings is 2. The maximum atomic E-state index is 12.1. The van der Waals surface area contributed by atoms with Gasteiger partial charge in [-0.3, -0.25) is 9.59 Å². The third-order valence-corrected chi connectivity index (χ3v) is 3.99. The number of ether oxygens (including phenoxy) is 2. The van der Waals surface area contributed by atoms with Crippen LogP contribution in [0.3, 0.4) is 0 Å². The topological polar surface area (TPSA) is 64.6 Å². The second kappa shape index (κ2) is 11.5. The van der Waals surface area contributed by atoms with Gasteiger partial charge in [0, 0.05) is 13.0 Å². The summed E-state index contributed by atoms with van der Waals surface area (Å²) in [5, 5.41) is 2.78. The molecule has 0 aromatic heterocycles. The summed E-state index contributed by atoms with van der Waals surface area (Å²) in [5.41, 5.74) is 2.90. The van der Waals surface area contributed by atoms with Crippen LogP contribution in [0.1, 0.15) is 38.0 Å². The fourth-order valence-corrected chi connectivity index (χ4v) is 2.50. The lowest BCUT2D eigenvalue weighted by molar-refractivity contribution is -0.147. The molecule has 5 nitrogen and oxygen atoms in total. The molecule has 0 spiro atoms. The molecule has 0 fully saturated rings. The van der Waals surface area contributed by atoms with Crippen LogP contribution in [0, 0.1) is 0 Å². The van der Waals surface area contributed by atoms with E-state index in [0.29, 0.717) is 6.61 Å². The first-order chi connectivity index (χ1) is 13.9. The van der Waals surface area contributed by atoms with Gasteiger partial charge in [-0.25, -0.2) is 0 Å². The van der Waals surface area contributed by atoms with Crippen LogP contribution in [0.4, 0.5) is 0 Å². The molecule has 2 rings (SSSR count). The Morgan fingerprint density at radius 1 is 1.00 bits per heavy atom. The zero-order chi connectivity index (χ0) is 21.1. The minimum absolute atomic E-state index is 0.176. The Bertz CT molecular complexity index is 850. The van der Waals surface area contributed by atoms with Crippen molar-refractivity contribution in [3.63, 3.8) is 0 Å². The van der Waals surface area contributed by atoms with E-state index in [1.165, 1.54) is 18.6 Å². The third kappa shape index (κ3) is 8.47. The van der Waals surface area contributed by atoms with Gasteiger partial charge >= 0.3 is 5.97 Å². The number of esters is 1. The van der Waals surface area contributed by atoms with E-state index < -0.39 is 12.1 Å². The third-order valence-electron chi connectivity index (χ3n) is 3.99. The average molecular weight is 393 g/mol. The smallest absolute Gasteiger partial charge is 0.303 e. The fourth-order valence-electron chi connectivity index (χ4n) is 2.50. The summed E-state index contributed by atoms with van der Waals surface area (Å²) < 4.78 is 11.0. The van der Waals surface area contributed by atoms with Gasteiger partial charge in [-0.2, -0.15) is 0 Å². The molecule has 0 aliphatic heterocycles. The number of amides is 1. The van der Waals surface area contributed by atoms with Gasteiger partial charge in [0.25, 0.3) is 0 Å². The summed E-state index contributed by atoms with van der Waals surface area (Å²) in [5.74, 6) is 0.0586. The van der Waals surface area contributed by atoms with Crippen molar-refractivity contribution >= 4 is 18.0 Å². The molecule has 0 heterocycles. The van der Waals surface area contributed by atoms with E-state index in [1.807, 2.05) is 74.5 Å². The Balaban J connectivity index is 1.96. The van der Waals surface area contributed by atoms with Crippen LogP contribution in [0.5, 0.6) is 5.75 Å². The van der Waals surface area contributed by atoms with E-state index in [1.54, 1.807) is 6.08 Å². The van der Waals surface area contributed by atoms with Gasteiger partial charge in [0.15, 0.2) is 0 Å². The van der Waals surface area contributed by atoms with Crippen molar-refractivity contribution in [1.82, 2.24) is 5.32 Å². The van der Waals surface area contributed by atoms with Crippen molar-refractivity contribution < 1.29 is 19.1 Å². The van der Waals surface area contributed by atoms with Crippen molar-refractivity contribution in [3.05, 3.63) is 83.4 Å². The Labute approximate surface area is 172 Å². The van der Waals surface area contributed by atoms with Crippen LogP contribution in [0.15, 0.2) is 72.3 Å². The van der Waals surface area contributed by atoms with Crippen molar-refractivity contribution in [2.24, 2.45) is 0 Å². The van der Waals surface area contributed by atoms with Crippen molar-refractivity contribution in [1.29, 1.82) is 0 Å². The molecule has 1 N–H and O–H groups in total. The highest BCUT2D eigenvalue weighted by Crippen LogP contribution is 2.21. The molecule has 0 unspecified atom stereocenters. The second-order valence-electron chi connectivity index (χ2n) is 6.75. The highest BCUT2D eigenvalue weighted by Gasteiger charge is 2.15. The molecule has 0 radical (unpaired) electrons. The minimum Gasteiger partial charge on any atom is -0.490 e. The molecule has 2 aromatic carbocycles. The van der Waals surface area contributed by atoms with Crippen molar-refractivity contribution in [3.8, 4) is 5.75 Å². The number of allylic oxidation sites excluding steroid dienone is 1. The molecule has 152 valence electrons. The van der Waals surface area contributed by atoms with Crippen LogP contribution >= 0.6 is 0 Å². The zero-order valence-corrected chi connectivity index (χ0v) is 17.1. The fraction of sp³-hybridized carbons (Fsp3) is 0.250. The van der Waals surface area contributed by atoms with Gasteiger partial charge in [-0.1, -0.05) is 48.0 Å². The van der Waals surface area contributed by atoms with Gasteiger partial charge in [0.2, 0.25) is 5.91 Å². The Morgan fingerprint density at radius 3 is 2.31 bits per heavy atom. The van der Waals surface area contributed by atoms with Gasteiger partial charge in [-0.15, -0.1) is 0 Å². The Kier molecular flexibility index (Phi) is 8.70. The highest BCUT2D eigenvalue weighted by atomic mass is 16.5. The normalized spacial score (nSPS) is 11.6. The minimum atomic E-state index is -0.576. The van der Waals surface area contributed by atoms with Crippen LogP contribution in [0.25, 0.3) is 6.08 Å². The number of hydrogen-bond acceptors (Lipinski definition) is 4. The maximum Gasteiger partial charge on any atom is 0.303 e. The first kappa shape index (κ1) is 22.0. The lowest BCUT2D eigenvalue weighted by Gasteiger charge is -2.18. The second-order valence-corrected chi connectivity index (χ2v) is 6.75. The summed E-state index contributed by atoms with van der Waals surface area (Å²) >= 11 is 0. The van der Waals surface area contributed by atoms with E-state index in [-0.39, 0.29) is 12.5 Å². The summed E-state index contributed by atoms with van der Waals surface area (Å²) in [7, 11) is 0. The first-order valence-corrected chi connectivity index (χ1v) is 9.48. The van der Waals surface area contributed by atoms with Gasteiger partial charge < -0.3 is 14.8 Å². The molecular formula is C24H27NO4. The number of rotatable bonds is 9. The van der Waals surface area contributed by atoms with E-state index in [9.17, 15) is 9.59 Å². The molecular weight excluding hydrogens is 366 g/mol. The number of carbonyl (C=O) groups is 2. The molecule has 0 bridgehead atoms. The molecule has 0 saturated carbocycles. The highest BCUT2D eigenvalue weighted by molar-refractivity contribution is 5.91. The standard InChI is InChI=1S/C24H27NO4/c1-18(2)15-16-28-22-12-10-21(11-13-22)23(29-19(3)26)17-25-24(27)14-9-20-7-5-4-6-8-20/h4-15,23H,16-17H2,1-3H3,(H,25,27)/b14-9+/t23-/m0/s1. The average Bonchev–Trinajstić information content (AvgIpc) is 2.70. The summed E-state index contributed by atoms with van der Waals surface area (Å²) in [6.07, 6.45) is 4.61. The largest absolute Gasteiger partial charge is 0.490 e. The molecule has 0 saturated heterocycles. The summed E-state index contributed by atoms with van der Waals surface area (Å²) in [6.45, 7) is 6.05. The van der Waals surface area contributed by atoms with E-state index in [4.69, 9.17) is 9.47 Å². The summed E-state index contributed by atoms with van der Waals surface area (Å²) in [4.78, 5) is 23.6. The molecule has 1 atom stereocenters. The maximum absolute atomic E-state index is 12.1. The number of hydrogen-bond donors (Lipinski definition) is 1. The predicted molar refractivity (Wildman–Crippen MR) is 114 cm³/mol. The SMILES string of the molecule is CC(=O)O[C@@H](CNC(=O)/C=C/c1ccccc1)c1ccc(OCC=C(C)C)cc1. The van der Waals surface area contributed by atoms with Crippen LogP contribution in [0.2, 0.25) is 0 Å². The van der Waals surface area contributed by atoms with E-state index >= 15 is 0 Å². The van der Waals surface area contributed by atoms with Gasteiger partial charge in [0.1, 0.15) is 18.5 Å². The molecule has 0 aliphatic rings. The van der Waals surface area contributed by atoms with E-state index in [0.717, 1.165) is 16.9 Å². The van der Waals surface area contributed by atoms with Gasteiger partial charge in [0.05, 0.1) is 6.54 Å². The van der Waals surface area contributed by atoms with Crippen LogP contribution in [-0.2, 0) is 14.3 Å². The lowest BCUT2D eigenvalue weighted by atomic mass is 10.1.